The Labute approximate surface area is 339 Å². The van der Waals surface area contributed by atoms with E-state index in [9.17, 15) is 27.6 Å². The number of hydrogen-bond donors (Lipinski definition) is 3. The first-order chi connectivity index (χ1) is 27.8. The number of sulfone groups is 1. The van der Waals surface area contributed by atoms with Crippen LogP contribution in [0.3, 0.4) is 0 Å². The molecule has 314 valence electrons. The van der Waals surface area contributed by atoms with E-state index in [1.54, 1.807) is 32.9 Å². The lowest BCUT2D eigenvalue weighted by atomic mass is 9.94. The van der Waals surface area contributed by atoms with Crippen LogP contribution < -0.4 is 20.9 Å². The molecule has 2 aliphatic heterocycles. The highest BCUT2D eigenvalue weighted by molar-refractivity contribution is 7.93. The van der Waals surface area contributed by atoms with Gasteiger partial charge < -0.3 is 34.5 Å². The summed E-state index contributed by atoms with van der Waals surface area (Å²) in [4.78, 5) is 60.1. The molecule has 0 saturated carbocycles. The number of hydrogen-bond acceptors (Lipinski definition) is 11. The summed E-state index contributed by atoms with van der Waals surface area (Å²) in [6, 6.07) is 23.1. The molecule has 2 fully saturated rings. The molecule has 3 aromatic carbocycles. The molecule has 2 atom stereocenters. The zero-order valence-corrected chi connectivity index (χ0v) is 34.1. The molecule has 15 nitrogen and oxygen atoms in total. The van der Waals surface area contributed by atoms with Crippen LogP contribution in [0, 0.1) is 0 Å². The first-order valence-electron chi connectivity index (χ1n) is 19.6. The predicted octanol–water partition coefficient (Wildman–Crippen LogP) is 6.18. The first-order valence-corrected chi connectivity index (χ1v) is 21.1. The fourth-order valence-corrected chi connectivity index (χ4v) is 8.58. The zero-order valence-electron chi connectivity index (χ0n) is 33.3. The molecule has 58 heavy (non-hydrogen) atoms. The highest BCUT2D eigenvalue weighted by Crippen LogP contribution is 2.37. The number of benzene rings is 3. The van der Waals surface area contributed by atoms with E-state index in [1.165, 1.54) is 29.2 Å². The Bertz CT molecular complexity index is 1910. The molecular formula is C42H54N4O11S. The van der Waals surface area contributed by atoms with Gasteiger partial charge in [0, 0.05) is 32.7 Å². The van der Waals surface area contributed by atoms with Crippen LogP contribution in [-0.4, -0.2) is 86.2 Å². The molecule has 3 N–H and O–H groups in total. The smallest absolute Gasteiger partial charge is 0.408 e. The number of alkyl carbamates (subject to hydrolysis) is 2. The van der Waals surface area contributed by atoms with Crippen molar-refractivity contribution in [2.75, 3.05) is 26.2 Å². The van der Waals surface area contributed by atoms with Crippen molar-refractivity contribution >= 4 is 33.8 Å². The van der Waals surface area contributed by atoms with Gasteiger partial charge in [-0.15, -0.1) is 0 Å². The van der Waals surface area contributed by atoms with Crippen molar-refractivity contribution in [3.05, 3.63) is 90.5 Å². The molecule has 16 heteroatoms. The van der Waals surface area contributed by atoms with E-state index in [1.807, 2.05) is 48.5 Å². The average molecular weight is 823 g/mol. The Morgan fingerprint density at radius 3 is 2.16 bits per heavy atom. The maximum absolute atomic E-state index is 14.5. The van der Waals surface area contributed by atoms with E-state index in [0.29, 0.717) is 37.4 Å². The van der Waals surface area contributed by atoms with Crippen LogP contribution in [0.2, 0.25) is 0 Å². The monoisotopic (exact) mass is 822 g/mol. The zero-order chi connectivity index (χ0) is 41.6. The lowest BCUT2D eigenvalue weighted by molar-refractivity contribution is -0.202. The molecule has 4 amide bonds. The fraction of sp³-hybridized carbons (Fsp3) is 0.476. The summed E-state index contributed by atoms with van der Waals surface area (Å²) < 4.78 is 49.2. The molecule has 5 rings (SSSR count). The van der Waals surface area contributed by atoms with Gasteiger partial charge in [-0.2, -0.15) is 0 Å². The molecule has 2 saturated heterocycles. The Hall–Kier alpha value is -5.19. The van der Waals surface area contributed by atoms with E-state index >= 15 is 0 Å². The molecular weight excluding hydrogens is 769 g/mol. The van der Waals surface area contributed by atoms with Crippen molar-refractivity contribution < 1.29 is 51.4 Å². The molecule has 0 aromatic heterocycles. The number of nitrogens with zero attached hydrogens (tertiary/aromatic N) is 1. The van der Waals surface area contributed by atoms with E-state index in [-0.39, 0.29) is 50.4 Å². The lowest BCUT2D eigenvalue weighted by Crippen LogP contribution is -2.60. The number of ether oxygens (including phenoxy) is 4. The van der Waals surface area contributed by atoms with Crippen LogP contribution in [0.25, 0.3) is 0 Å². The average Bonchev–Trinajstić information content (AvgIpc) is 3.22. The van der Waals surface area contributed by atoms with Gasteiger partial charge in [0.15, 0.2) is 20.9 Å². The maximum atomic E-state index is 14.5. The number of unbranched alkanes of at least 4 members (excludes halogenated alkanes) is 1. The molecule has 2 aliphatic rings. The Morgan fingerprint density at radius 1 is 0.862 bits per heavy atom. The van der Waals surface area contributed by atoms with Gasteiger partial charge in [-0.25, -0.2) is 28.3 Å². The topological polar surface area (TPSA) is 188 Å². The highest BCUT2D eigenvalue weighted by atomic mass is 32.2. The minimum atomic E-state index is -4.38. The number of para-hydroxylation sites is 1. The van der Waals surface area contributed by atoms with Gasteiger partial charge in [0.05, 0.1) is 4.90 Å². The summed E-state index contributed by atoms with van der Waals surface area (Å²) in [5.74, 6) is -0.342. The van der Waals surface area contributed by atoms with Crippen molar-refractivity contribution in [2.24, 2.45) is 0 Å². The Kier molecular flexibility index (Phi) is 15.5. The quantitative estimate of drug-likeness (QED) is 0.111. The third-order valence-corrected chi connectivity index (χ3v) is 12.3. The summed E-state index contributed by atoms with van der Waals surface area (Å²) >= 11 is 0. The summed E-state index contributed by atoms with van der Waals surface area (Å²) in [5, 5.41) is 5.37. The Morgan fingerprint density at radius 2 is 1.52 bits per heavy atom. The molecule has 0 spiro atoms. The second-order valence-electron chi connectivity index (χ2n) is 15.2. The number of nitrogens with one attached hydrogen (secondary N) is 3. The second-order valence-corrected chi connectivity index (χ2v) is 17.5. The number of carbonyl (C=O) groups excluding carboxylic acids is 4. The van der Waals surface area contributed by atoms with Crippen molar-refractivity contribution in [1.29, 1.82) is 0 Å². The van der Waals surface area contributed by atoms with Crippen molar-refractivity contribution in [2.45, 2.75) is 106 Å². The normalized spacial score (nSPS) is 17.3. The van der Waals surface area contributed by atoms with Crippen LogP contribution in [-0.2, 0) is 45.1 Å². The van der Waals surface area contributed by atoms with Gasteiger partial charge >= 0.3 is 12.2 Å². The summed E-state index contributed by atoms with van der Waals surface area (Å²) in [7, 11) is -4.38. The van der Waals surface area contributed by atoms with E-state index in [2.05, 4.69) is 16.1 Å². The van der Waals surface area contributed by atoms with Gasteiger partial charge in [0.2, 0.25) is 5.91 Å². The van der Waals surface area contributed by atoms with Gasteiger partial charge in [0.25, 0.3) is 5.91 Å². The Balaban J connectivity index is 1.26. The first kappa shape index (κ1) is 43.9. The number of piperidine rings is 1. The number of rotatable bonds is 16. The van der Waals surface area contributed by atoms with Gasteiger partial charge in [-0.3, -0.25) is 9.59 Å². The van der Waals surface area contributed by atoms with Gasteiger partial charge in [-0.1, -0.05) is 48.5 Å². The SMILES string of the molecule is CC(C)(C)OC(=O)N[C@@H](CCCCNC(=O)OCc1ccccc1)C(=O)N1CCC(C(=O)NOC2CCCCO2)(S(=O)(=O)c2ccc(Oc3ccccc3)cc2)CC1. The molecule has 1 unspecified atom stereocenters. The van der Waals surface area contributed by atoms with Crippen molar-refractivity contribution in [1.82, 2.24) is 21.0 Å². The van der Waals surface area contributed by atoms with Crippen LogP contribution in [0.5, 0.6) is 11.5 Å². The van der Waals surface area contributed by atoms with Crippen LogP contribution >= 0.6 is 0 Å². The molecule has 0 aliphatic carbocycles. The third-order valence-electron chi connectivity index (χ3n) is 9.74. The largest absolute Gasteiger partial charge is 0.457 e. The number of carbonyl (C=O) groups is 4. The predicted molar refractivity (Wildman–Crippen MR) is 213 cm³/mol. The number of likely N-dealkylation sites (tertiary alicyclic amines) is 1. The van der Waals surface area contributed by atoms with Gasteiger partial charge in [-0.05, 0) is 108 Å². The lowest BCUT2D eigenvalue weighted by Gasteiger charge is -2.41. The van der Waals surface area contributed by atoms with E-state index in [0.717, 1.165) is 18.4 Å². The minimum Gasteiger partial charge on any atom is -0.457 e. The molecule has 3 aromatic rings. The summed E-state index contributed by atoms with van der Waals surface area (Å²) in [6.45, 7) is 5.74. The van der Waals surface area contributed by atoms with Crippen LogP contribution in [0.1, 0.15) is 77.7 Å². The van der Waals surface area contributed by atoms with Crippen molar-refractivity contribution in [3.8, 4) is 11.5 Å². The highest BCUT2D eigenvalue weighted by Gasteiger charge is 2.54. The molecule has 2 heterocycles. The standard InChI is InChI=1S/C42H54N4O11S/c1-41(2,3)56-40(50)44-35(18-10-12-26-43-39(49)54-30-31-14-6-4-7-15-31)37(47)46-27-24-42(25-28-46,38(48)45-57-36-19-11-13-29-53-36)58(51,52)34-22-20-33(21-23-34)55-32-16-8-5-9-17-32/h4-9,14-17,20-23,35-36H,10-13,18-19,24-30H2,1-3H3,(H,43,49)(H,44,50)(H,45,48)/t35-,36?/m0/s1. The minimum absolute atomic E-state index is 0.0984. The number of hydroxylamine groups is 1. The van der Waals surface area contributed by atoms with Crippen molar-refractivity contribution in [3.63, 3.8) is 0 Å². The maximum Gasteiger partial charge on any atom is 0.408 e. The van der Waals surface area contributed by atoms with E-state index in [4.69, 9.17) is 23.8 Å². The van der Waals surface area contributed by atoms with Gasteiger partial charge in [0.1, 0.15) is 29.7 Å². The summed E-state index contributed by atoms with van der Waals surface area (Å²) in [5.41, 5.74) is 2.40. The second kappa shape index (κ2) is 20.5. The van der Waals surface area contributed by atoms with E-state index < -0.39 is 56.5 Å². The molecule has 0 radical (unpaired) electrons. The number of amides is 4. The van der Waals surface area contributed by atoms with Crippen LogP contribution in [0.15, 0.2) is 89.8 Å². The fourth-order valence-electron chi connectivity index (χ4n) is 6.63. The van der Waals surface area contributed by atoms with Crippen LogP contribution in [0.4, 0.5) is 9.59 Å². The molecule has 0 bridgehead atoms. The summed E-state index contributed by atoms with van der Waals surface area (Å²) in [6.07, 6.45) is 0.734. The third kappa shape index (κ3) is 12.4.